The van der Waals surface area contributed by atoms with Crippen LogP contribution in [0.15, 0.2) is 16.7 Å². The summed E-state index contributed by atoms with van der Waals surface area (Å²) in [6, 6.07) is 1.96. The van der Waals surface area contributed by atoms with E-state index in [1.807, 2.05) is 10.6 Å². The van der Waals surface area contributed by atoms with E-state index in [4.69, 9.17) is 5.73 Å². The van der Waals surface area contributed by atoms with Crippen LogP contribution in [0.4, 0.5) is 5.95 Å². The van der Waals surface area contributed by atoms with Gasteiger partial charge in [0, 0.05) is 17.2 Å². The molecule has 2 aromatic rings. The molecule has 2 aromatic heterocycles. The second-order valence-corrected chi connectivity index (χ2v) is 6.51. The third kappa shape index (κ3) is 4.70. The molecule has 0 spiro atoms. The molecule has 0 saturated heterocycles. The zero-order valence-corrected chi connectivity index (χ0v) is 14.4. The van der Waals surface area contributed by atoms with Gasteiger partial charge in [-0.15, -0.1) is 0 Å². The van der Waals surface area contributed by atoms with Crippen LogP contribution in [0.3, 0.4) is 0 Å². The molecule has 0 fully saturated rings. The molecule has 0 radical (unpaired) electrons. The fourth-order valence-corrected chi connectivity index (χ4v) is 2.95. The normalized spacial score (nSPS) is 11.3. The Kier molecular flexibility index (Phi) is 6.49. The molecule has 0 aromatic carbocycles. The van der Waals surface area contributed by atoms with E-state index in [-0.39, 0.29) is 0 Å². The van der Waals surface area contributed by atoms with Crippen LogP contribution in [-0.4, -0.2) is 14.5 Å². The fraction of sp³-hybridized carbons (Fsp3) is 0.625. The van der Waals surface area contributed by atoms with Crippen LogP contribution >= 0.6 is 15.9 Å². The van der Waals surface area contributed by atoms with Gasteiger partial charge >= 0.3 is 0 Å². The molecule has 0 aliphatic carbocycles. The number of nitrogens with zero attached hydrogens (tertiary/aromatic N) is 3. The van der Waals surface area contributed by atoms with Gasteiger partial charge in [-0.1, -0.05) is 51.9 Å². The smallest absolute Gasteiger partial charge is 0.202 e. The highest BCUT2D eigenvalue weighted by Crippen LogP contribution is 2.20. The van der Waals surface area contributed by atoms with Crippen molar-refractivity contribution in [3.63, 3.8) is 0 Å². The van der Waals surface area contributed by atoms with Crippen LogP contribution in [0.25, 0.3) is 11.2 Å². The van der Waals surface area contributed by atoms with Gasteiger partial charge in [0.1, 0.15) is 5.52 Å². The first kappa shape index (κ1) is 16.3. The maximum atomic E-state index is 6.00. The molecule has 0 saturated carbocycles. The number of aryl methyl sites for hydroxylation is 1. The number of halogens is 1. The number of nitrogen functional groups attached to an aromatic ring is 1. The molecule has 2 rings (SSSR count). The average molecular weight is 353 g/mol. The number of rotatable bonds is 9. The highest BCUT2D eigenvalue weighted by Gasteiger charge is 2.09. The molecule has 2 heterocycles. The second-order valence-electron chi connectivity index (χ2n) is 5.59. The average Bonchev–Trinajstić information content (AvgIpc) is 2.76. The molecule has 0 aliphatic rings. The number of fused-ring (bicyclic) bond motifs is 1. The van der Waals surface area contributed by atoms with E-state index in [1.165, 1.54) is 44.9 Å². The van der Waals surface area contributed by atoms with Crippen molar-refractivity contribution in [3.8, 4) is 0 Å². The van der Waals surface area contributed by atoms with Crippen molar-refractivity contribution in [1.82, 2.24) is 14.5 Å². The summed E-state index contributed by atoms with van der Waals surface area (Å²) >= 11 is 3.41. The van der Waals surface area contributed by atoms with Crippen LogP contribution in [0, 0.1) is 0 Å². The van der Waals surface area contributed by atoms with Crippen molar-refractivity contribution < 1.29 is 0 Å². The van der Waals surface area contributed by atoms with Gasteiger partial charge in [-0.25, -0.2) is 9.97 Å². The van der Waals surface area contributed by atoms with E-state index in [0.29, 0.717) is 5.95 Å². The lowest BCUT2D eigenvalue weighted by atomic mass is 10.1. The van der Waals surface area contributed by atoms with Crippen LogP contribution in [0.5, 0.6) is 0 Å². The predicted octanol–water partition coefficient (Wildman–Crippen LogP) is 4.92. The number of aromatic nitrogens is 3. The molecule has 5 heteroatoms. The number of hydrogen-bond donors (Lipinski definition) is 1. The summed E-state index contributed by atoms with van der Waals surface area (Å²) in [5.41, 5.74) is 7.75. The Bertz CT molecular complexity index is 565. The Morgan fingerprint density at radius 2 is 1.76 bits per heavy atom. The van der Waals surface area contributed by atoms with E-state index >= 15 is 0 Å². The molecule has 116 valence electrons. The minimum Gasteiger partial charge on any atom is -0.369 e. The molecule has 0 amide bonds. The highest BCUT2D eigenvalue weighted by molar-refractivity contribution is 9.10. The minimum atomic E-state index is 0.568. The Labute approximate surface area is 135 Å². The SMILES string of the molecule is CCCCCCCCCCn1c(N)nc2cc(Br)cnc21. The monoisotopic (exact) mass is 352 g/mol. The van der Waals surface area contributed by atoms with Gasteiger partial charge in [0.15, 0.2) is 5.65 Å². The number of anilines is 1. The maximum Gasteiger partial charge on any atom is 0.202 e. The summed E-state index contributed by atoms with van der Waals surface area (Å²) in [5, 5.41) is 0. The Balaban J connectivity index is 1.77. The van der Waals surface area contributed by atoms with Gasteiger partial charge in [-0.05, 0) is 28.4 Å². The largest absolute Gasteiger partial charge is 0.369 e. The van der Waals surface area contributed by atoms with Crippen molar-refractivity contribution in [2.45, 2.75) is 64.8 Å². The van der Waals surface area contributed by atoms with Crippen molar-refractivity contribution >= 4 is 33.0 Å². The predicted molar refractivity (Wildman–Crippen MR) is 92.3 cm³/mol. The Morgan fingerprint density at radius 3 is 2.48 bits per heavy atom. The van der Waals surface area contributed by atoms with E-state index in [1.54, 1.807) is 6.20 Å². The molecule has 21 heavy (non-hydrogen) atoms. The lowest BCUT2D eigenvalue weighted by molar-refractivity contribution is 0.549. The van der Waals surface area contributed by atoms with Crippen LogP contribution in [0.2, 0.25) is 0 Å². The van der Waals surface area contributed by atoms with Gasteiger partial charge in [0.2, 0.25) is 5.95 Å². The number of nitrogens with two attached hydrogens (primary N) is 1. The molecule has 0 bridgehead atoms. The summed E-state index contributed by atoms with van der Waals surface area (Å²) in [4.78, 5) is 8.79. The first-order valence-electron chi connectivity index (χ1n) is 7.99. The summed E-state index contributed by atoms with van der Waals surface area (Å²) < 4.78 is 2.96. The standard InChI is InChI=1S/C16H25BrN4/c1-2-3-4-5-6-7-8-9-10-21-15-14(20-16(21)18)11-13(17)12-19-15/h11-12H,2-10H2,1H3,(H2,18,20). The van der Waals surface area contributed by atoms with Gasteiger partial charge < -0.3 is 5.73 Å². The van der Waals surface area contributed by atoms with Crippen LogP contribution < -0.4 is 5.73 Å². The van der Waals surface area contributed by atoms with Crippen molar-refractivity contribution in [2.24, 2.45) is 0 Å². The Hall–Kier alpha value is -1.10. The van der Waals surface area contributed by atoms with E-state index in [2.05, 4.69) is 32.8 Å². The van der Waals surface area contributed by atoms with Gasteiger partial charge in [-0.2, -0.15) is 0 Å². The number of unbranched alkanes of at least 4 members (excludes halogenated alkanes) is 7. The number of hydrogen-bond acceptors (Lipinski definition) is 3. The third-order valence-corrected chi connectivity index (χ3v) is 4.25. The number of pyridine rings is 1. The minimum absolute atomic E-state index is 0.568. The zero-order chi connectivity index (χ0) is 15.1. The van der Waals surface area contributed by atoms with Gasteiger partial charge in [0.25, 0.3) is 0 Å². The van der Waals surface area contributed by atoms with Gasteiger partial charge in [0.05, 0.1) is 0 Å². The first-order valence-corrected chi connectivity index (χ1v) is 8.79. The maximum absolute atomic E-state index is 6.00. The first-order chi connectivity index (χ1) is 10.2. The molecule has 0 unspecified atom stereocenters. The third-order valence-electron chi connectivity index (χ3n) is 3.82. The second kappa shape index (κ2) is 8.37. The summed E-state index contributed by atoms with van der Waals surface area (Å²) in [6.45, 7) is 3.17. The molecule has 0 atom stereocenters. The zero-order valence-electron chi connectivity index (χ0n) is 12.8. The topological polar surface area (TPSA) is 56.7 Å². The van der Waals surface area contributed by atoms with Crippen molar-refractivity contribution in [3.05, 3.63) is 16.7 Å². The molecule has 4 nitrogen and oxygen atoms in total. The summed E-state index contributed by atoms with van der Waals surface area (Å²) in [5.74, 6) is 0.568. The summed E-state index contributed by atoms with van der Waals surface area (Å²) in [6.07, 6.45) is 12.3. The number of imidazole rings is 1. The van der Waals surface area contributed by atoms with E-state index in [9.17, 15) is 0 Å². The van der Waals surface area contributed by atoms with E-state index in [0.717, 1.165) is 28.6 Å². The molecule has 2 N–H and O–H groups in total. The van der Waals surface area contributed by atoms with Crippen LogP contribution in [-0.2, 0) is 6.54 Å². The fourth-order valence-electron chi connectivity index (χ4n) is 2.63. The van der Waals surface area contributed by atoms with Crippen molar-refractivity contribution in [2.75, 3.05) is 5.73 Å². The quantitative estimate of drug-likeness (QED) is 0.651. The lowest BCUT2D eigenvalue weighted by Gasteiger charge is -2.06. The Morgan fingerprint density at radius 1 is 1.10 bits per heavy atom. The highest BCUT2D eigenvalue weighted by atomic mass is 79.9. The van der Waals surface area contributed by atoms with Crippen LogP contribution in [0.1, 0.15) is 58.3 Å². The van der Waals surface area contributed by atoms with Crippen molar-refractivity contribution in [1.29, 1.82) is 0 Å². The summed E-state index contributed by atoms with van der Waals surface area (Å²) in [7, 11) is 0. The lowest BCUT2D eigenvalue weighted by Crippen LogP contribution is -2.04. The van der Waals surface area contributed by atoms with Gasteiger partial charge in [-0.3, -0.25) is 4.57 Å². The molecular weight excluding hydrogens is 328 g/mol. The van der Waals surface area contributed by atoms with E-state index < -0.39 is 0 Å². The molecule has 0 aliphatic heterocycles. The molecular formula is C16H25BrN4.